The maximum absolute atomic E-state index is 3.68. The molecule has 22 heavy (non-hydrogen) atoms. The highest BCUT2D eigenvalue weighted by molar-refractivity contribution is 9.11. The molecule has 0 saturated carbocycles. The van der Waals surface area contributed by atoms with Crippen LogP contribution in [0.4, 0.5) is 0 Å². The van der Waals surface area contributed by atoms with Crippen molar-refractivity contribution < 1.29 is 0 Å². The van der Waals surface area contributed by atoms with Crippen molar-refractivity contribution in [2.24, 2.45) is 0 Å². The number of halogens is 4. The first kappa shape index (κ1) is 15.0. The molecule has 2 aromatic heterocycles. The zero-order valence-corrected chi connectivity index (χ0v) is 17.3. The number of nitrogens with one attached hydrogen (secondary N) is 2. The van der Waals surface area contributed by atoms with Crippen LogP contribution in [0.3, 0.4) is 0 Å². The minimum atomic E-state index is 0.974. The van der Waals surface area contributed by atoms with Crippen molar-refractivity contribution in [3.8, 4) is 11.1 Å². The number of H-pyrrole nitrogens is 2. The van der Waals surface area contributed by atoms with E-state index >= 15 is 0 Å². The van der Waals surface area contributed by atoms with E-state index in [0.29, 0.717) is 0 Å². The summed E-state index contributed by atoms with van der Waals surface area (Å²) in [6, 6.07) is 12.5. The molecule has 6 heteroatoms. The van der Waals surface area contributed by atoms with Gasteiger partial charge in [-0.2, -0.15) is 0 Å². The van der Waals surface area contributed by atoms with Crippen molar-refractivity contribution in [1.82, 2.24) is 9.97 Å². The second-order valence-electron chi connectivity index (χ2n) is 5.01. The predicted molar refractivity (Wildman–Crippen MR) is 106 cm³/mol. The highest BCUT2D eigenvalue weighted by Crippen LogP contribution is 2.44. The van der Waals surface area contributed by atoms with Crippen molar-refractivity contribution in [3.63, 3.8) is 0 Å². The summed E-state index contributed by atoms with van der Waals surface area (Å²) in [6.45, 7) is 0. The molecule has 0 amide bonds. The van der Waals surface area contributed by atoms with E-state index in [-0.39, 0.29) is 0 Å². The molecule has 2 heterocycles. The second-order valence-corrected chi connectivity index (χ2v) is 8.43. The van der Waals surface area contributed by atoms with Gasteiger partial charge in [0, 0.05) is 41.9 Å². The third kappa shape index (κ3) is 2.31. The molecule has 2 aromatic carbocycles. The number of benzene rings is 2. The maximum atomic E-state index is 3.68. The summed E-state index contributed by atoms with van der Waals surface area (Å²) >= 11 is 14.5. The Morgan fingerprint density at radius 2 is 1.00 bits per heavy atom. The van der Waals surface area contributed by atoms with E-state index in [2.05, 4.69) is 98.0 Å². The Morgan fingerprint density at radius 3 is 1.41 bits per heavy atom. The lowest BCUT2D eigenvalue weighted by atomic mass is 10.0. The zero-order valence-electron chi connectivity index (χ0n) is 11.0. The fourth-order valence-corrected chi connectivity index (χ4v) is 4.72. The van der Waals surface area contributed by atoms with E-state index in [1.807, 2.05) is 12.1 Å². The molecule has 4 aromatic rings. The fraction of sp³-hybridized carbons (Fsp3) is 0. The zero-order chi connectivity index (χ0) is 15.4. The molecule has 0 bridgehead atoms. The SMILES string of the molecule is Brc1ccc2[nH]c(Br)c(-c3c(Br)[nH]c4ccc(Br)cc34)c2c1. The van der Waals surface area contributed by atoms with Crippen molar-refractivity contribution >= 4 is 85.5 Å². The largest absolute Gasteiger partial charge is 0.349 e. The van der Waals surface area contributed by atoms with Crippen LogP contribution in [0, 0.1) is 0 Å². The fourth-order valence-electron chi connectivity index (χ4n) is 2.75. The molecule has 0 unspecified atom stereocenters. The molecular weight excluding hydrogens is 540 g/mol. The molecule has 0 fully saturated rings. The van der Waals surface area contributed by atoms with Gasteiger partial charge in [-0.3, -0.25) is 0 Å². The first-order valence-electron chi connectivity index (χ1n) is 6.48. The molecule has 0 radical (unpaired) electrons. The van der Waals surface area contributed by atoms with E-state index < -0.39 is 0 Å². The van der Waals surface area contributed by atoms with Gasteiger partial charge in [-0.15, -0.1) is 0 Å². The number of aromatic amines is 2. The lowest BCUT2D eigenvalue weighted by Crippen LogP contribution is -1.77. The first-order valence-corrected chi connectivity index (χ1v) is 9.65. The molecule has 0 spiro atoms. The summed E-state index contributed by atoms with van der Waals surface area (Å²) in [5, 5.41) is 2.34. The van der Waals surface area contributed by atoms with Crippen LogP contribution in [0.15, 0.2) is 54.6 Å². The standard InChI is InChI=1S/C16H8Br4N2/c17-7-1-3-11-9(5-7)13(15(19)21-11)14-10-6-8(18)2-4-12(10)22-16(14)20/h1-6,21-22H. The lowest BCUT2D eigenvalue weighted by Gasteiger charge is -2.02. The monoisotopic (exact) mass is 544 g/mol. The van der Waals surface area contributed by atoms with Crippen LogP contribution in [-0.4, -0.2) is 9.97 Å². The average Bonchev–Trinajstić information content (AvgIpc) is 2.94. The van der Waals surface area contributed by atoms with E-state index in [4.69, 9.17) is 0 Å². The van der Waals surface area contributed by atoms with Crippen LogP contribution in [0.5, 0.6) is 0 Å². The van der Waals surface area contributed by atoms with Gasteiger partial charge in [0.1, 0.15) is 0 Å². The predicted octanol–water partition coefficient (Wildman–Crippen LogP) is 7.37. The van der Waals surface area contributed by atoms with Crippen LogP contribution in [0.25, 0.3) is 32.9 Å². The number of hydrogen-bond acceptors (Lipinski definition) is 0. The normalized spacial score (nSPS) is 11.6. The van der Waals surface area contributed by atoms with E-state index in [1.54, 1.807) is 0 Å². The average molecular weight is 548 g/mol. The molecule has 4 rings (SSSR count). The Kier molecular flexibility index (Phi) is 3.76. The Labute approximate surface area is 160 Å². The molecule has 2 N–H and O–H groups in total. The van der Waals surface area contributed by atoms with Crippen LogP contribution < -0.4 is 0 Å². The molecular formula is C16H8Br4N2. The molecule has 0 aliphatic carbocycles. The van der Waals surface area contributed by atoms with Crippen molar-refractivity contribution in [2.75, 3.05) is 0 Å². The Balaban J connectivity index is 2.15. The van der Waals surface area contributed by atoms with Crippen LogP contribution in [0.2, 0.25) is 0 Å². The van der Waals surface area contributed by atoms with Crippen molar-refractivity contribution in [3.05, 3.63) is 54.6 Å². The van der Waals surface area contributed by atoms with Gasteiger partial charge in [-0.1, -0.05) is 31.9 Å². The highest BCUT2D eigenvalue weighted by Gasteiger charge is 2.19. The third-order valence-electron chi connectivity index (χ3n) is 3.68. The molecule has 110 valence electrons. The maximum Gasteiger partial charge on any atom is 0.0911 e. The Hall–Kier alpha value is -0.560. The second kappa shape index (κ2) is 5.51. The number of aromatic nitrogens is 2. The lowest BCUT2D eigenvalue weighted by molar-refractivity contribution is 1.39. The molecule has 0 aliphatic rings. The topological polar surface area (TPSA) is 31.6 Å². The molecule has 0 saturated heterocycles. The number of fused-ring (bicyclic) bond motifs is 2. The van der Waals surface area contributed by atoms with E-state index in [1.165, 1.54) is 10.8 Å². The smallest absolute Gasteiger partial charge is 0.0911 e. The quantitative estimate of drug-likeness (QED) is 0.249. The molecule has 2 nitrogen and oxygen atoms in total. The number of hydrogen-bond donors (Lipinski definition) is 2. The summed E-state index contributed by atoms with van der Waals surface area (Å²) < 4.78 is 4.07. The first-order chi connectivity index (χ1) is 10.5. The van der Waals surface area contributed by atoms with Gasteiger partial charge < -0.3 is 9.97 Å². The third-order valence-corrected chi connectivity index (χ3v) is 5.86. The van der Waals surface area contributed by atoms with Gasteiger partial charge in [-0.25, -0.2) is 0 Å². The van der Waals surface area contributed by atoms with Gasteiger partial charge in [0.2, 0.25) is 0 Å². The van der Waals surface area contributed by atoms with Gasteiger partial charge in [0.15, 0.2) is 0 Å². The van der Waals surface area contributed by atoms with Crippen LogP contribution in [0.1, 0.15) is 0 Å². The van der Waals surface area contributed by atoms with Crippen molar-refractivity contribution in [1.29, 1.82) is 0 Å². The van der Waals surface area contributed by atoms with Crippen LogP contribution >= 0.6 is 63.7 Å². The summed E-state index contributed by atoms with van der Waals surface area (Å²) in [6.07, 6.45) is 0. The minimum Gasteiger partial charge on any atom is -0.349 e. The summed E-state index contributed by atoms with van der Waals surface area (Å²) in [5.41, 5.74) is 4.49. The summed E-state index contributed by atoms with van der Waals surface area (Å²) in [5.74, 6) is 0. The van der Waals surface area contributed by atoms with E-state index in [0.717, 1.165) is 40.3 Å². The summed E-state index contributed by atoms with van der Waals surface area (Å²) in [7, 11) is 0. The summed E-state index contributed by atoms with van der Waals surface area (Å²) in [4.78, 5) is 6.80. The van der Waals surface area contributed by atoms with Gasteiger partial charge in [0.25, 0.3) is 0 Å². The molecule has 0 atom stereocenters. The number of rotatable bonds is 1. The van der Waals surface area contributed by atoms with Gasteiger partial charge in [0.05, 0.1) is 9.21 Å². The van der Waals surface area contributed by atoms with Gasteiger partial charge >= 0.3 is 0 Å². The van der Waals surface area contributed by atoms with Gasteiger partial charge in [-0.05, 0) is 68.3 Å². The van der Waals surface area contributed by atoms with E-state index in [9.17, 15) is 0 Å². The minimum absolute atomic E-state index is 0.974. The van der Waals surface area contributed by atoms with Crippen LogP contribution in [-0.2, 0) is 0 Å². The Bertz CT molecular complexity index is 946. The van der Waals surface area contributed by atoms with Crippen molar-refractivity contribution in [2.45, 2.75) is 0 Å². The highest BCUT2D eigenvalue weighted by atomic mass is 79.9. The molecule has 0 aliphatic heterocycles. The Morgan fingerprint density at radius 1 is 0.591 bits per heavy atom.